The number of H-pyrrole nitrogens is 1. The summed E-state index contributed by atoms with van der Waals surface area (Å²) in [7, 11) is 0. The summed E-state index contributed by atoms with van der Waals surface area (Å²) < 4.78 is 0. The number of aromatic amines is 1. The van der Waals surface area contributed by atoms with Gasteiger partial charge in [-0.2, -0.15) is 5.10 Å². The lowest BCUT2D eigenvalue weighted by Crippen LogP contribution is -1.73. The van der Waals surface area contributed by atoms with E-state index in [4.69, 9.17) is 0 Å². The first-order chi connectivity index (χ1) is 8.40. The summed E-state index contributed by atoms with van der Waals surface area (Å²) in [4.78, 5) is 14.1. The number of aldehydes is 1. The number of nitrogens with zero attached hydrogens (tertiary/aromatic N) is 2. The van der Waals surface area contributed by atoms with E-state index in [0.29, 0.717) is 0 Å². The highest BCUT2D eigenvalue weighted by atomic mass is 16.1. The van der Waals surface area contributed by atoms with Crippen LogP contribution in [0, 0.1) is 0 Å². The Balaban J connectivity index is 0.000000128. The van der Waals surface area contributed by atoms with Crippen LogP contribution >= 0.6 is 0 Å². The first kappa shape index (κ1) is 11.0. The van der Waals surface area contributed by atoms with Crippen LogP contribution in [0.5, 0.6) is 0 Å². The summed E-state index contributed by atoms with van der Waals surface area (Å²) in [6.07, 6.45) is 4.28. The Morgan fingerprint density at radius 2 is 1.88 bits per heavy atom. The van der Waals surface area contributed by atoms with E-state index in [1.165, 1.54) is 0 Å². The molecule has 0 radical (unpaired) electrons. The second-order valence-corrected chi connectivity index (χ2v) is 3.33. The number of hydrogen-bond donors (Lipinski definition) is 1. The van der Waals surface area contributed by atoms with Crippen molar-refractivity contribution in [2.24, 2.45) is 0 Å². The van der Waals surface area contributed by atoms with Crippen LogP contribution in [-0.4, -0.2) is 21.5 Å². The molecular weight excluding hydrogens is 214 g/mol. The molecule has 84 valence electrons. The van der Waals surface area contributed by atoms with Crippen molar-refractivity contribution >= 4 is 17.3 Å². The van der Waals surface area contributed by atoms with E-state index in [0.717, 1.165) is 22.9 Å². The maximum atomic E-state index is 10.0. The van der Waals surface area contributed by atoms with E-state index in [1.807, 2.05) is 30.3 Å². The van der Waals surface area contributed by atoms with Crippen molar-refractivity contribution in [2.75, 3.05) is 0 Å². The molecule has 0 saturated carbocycles. The fraction of sp³-hybridized carbons (Fsp3) is 0. The third-order valence-corrected chi connectivity index (χ3v) is 2.15. The Morgan fingerprint density at radius 1 is 1.06 bits per heavy atom. The highest BCUT2D eigenvalue weighted by Crippen LogP contribution is 2.02. The average Bonchev–Trinajstić information content (AvgIpc) is 2.89. The van der Waals surface area contributed by atoms with Crippen LogP contribution in [0.1, 0.15) is 10.4 Å². The van der Waals surface area contributed by atoms with Crippen LogP contribution in [0.2, 0.25) is 0 Å². The molecule has 0 bridgehead atoms. The maximum Gasteiger partial charge on any atom is 0.150 e. The zero-order valence-electron chi connectivity index (χ0n) is 9.08. The molecule has 0 unspecified atom stereocenters. The molecule has 0 fully saturated rings. The maximum absolute atomic E-state index is 10.0. The smallest absolute Gasteiger partial charge is 0.150 e. The van der Waals surface area contributed by atoms with Crippen LogP contribution in [0.4, 0.5) is 0 Å². The van der Waals surface area contributed by atoms with Crippen LogP contribution in [-0.2, 0) is 0 Å². The van der Waals surface area contributed by atoms with Gasteiger partial charge in [0.1, 0.15) is 11.8 Å². The van der Waals surface area contributed by atoms with Crippen molar-refractivity contribution in [3.05, 3.63) is 60.4 Å². The SMILES string of the molecule is O=Cc1ccccc1.c1cnc2cn[nH]c2c1. The van der Waals surface area contributed by atoms with Gasteiger partial charge in [-0.1, -0.05) is 30.3 Å². The van der Waals surface area contributed by atoms with E-state index in [1.54, 1.807) is 24.5 Å². The van der Waals surface area contributed by atoms with Crippen molar-refractivity contribution in [1.29, 1.82) is 0 Å². The molecule has 2 aromatic heterocycles. The number of carbonyl (C=O) groups excluding carboxylic acids is 1. The summed E-state index contributed by atoms with van der Waals surface area (Å²) in [6, 6.07) is 12.9. The van der Waals surface area contributed by atoms with Gasteiger partial charge in [-0.15, -0.1) is 0 Å². The Kier molecular flexibility index (Phi) is 3.60. The monoisotopic (exact) mass is 225 g/mol. The van der Waals surface area contributed by atoms with E-state index < -0.39 is 0 Å². The third kappa shape index (κ3) is 2.98. The Morgan fingerprint density at radius 3 is 2.53 bits per heavy atom. The molecule has 1 aromatic carbocycles. The molecule has 0 aliphatic heterocycles. The zero-order valence-corrected chi connectivity index (χ0v) is 9.08. The van der Waals surface area contributed by atoms with Crippen molar-refractivity contribution in [1.82, 2.24) is 15.2 Å². The Labute approximate surface area is 98.3 Å². The zero-order chi connectivity index (χ0) is 11.9. The van der Waals surface area contributed by atoms with Crippen molar-refractivity contribution in [2.45, 2.75) is 0 Å². The van der Waals surface area contributed by atoms with E-state index >= 15 is 0 Å². The number of rotatable bonds is 1. The van der Waals surface area contributed by atoms with Gasteiger partial charge < -0.3 is 0 Å². The van der Waals surface area contributed by atoms with Gasteiger partial charge in [0.05, 0.1) is 11.7 Å². The Bertz CT molecular complexity index is 559. The van der Waals surface area contributed by atoms with E-state index in [2.05, 4.69) is 15.2 Å². The lowest BCUT2D eigenvalue weighted by atomic mass is 10.2. The molecule has 0 atom stereocenters. The summed E-state index contributed by atoms with van der Waals surface area (Å²) in [5, 5.41) is 6.62. The van der Waals surface area contributed by atoms with Gasteiger partial charge in [0.2, 0.25) is 0 Å². The summed E-state index contributed by atoms with van der Waals surface area (Å²) in [6.45, 7) is 0. The molecule has 2 heterocycles. The molecule has 3 rings (SSSR count). The van der Waals surface area contributed by atoms with Crippen molar-refractivity contribution in [3.8, 4) is 0 Å². The van der Waals surface area contributed by atoms with Crippen molar-refractivity contribution in [3.63, 3.8) is 0 Å². The summed E-state index contributed by atoms with van der Waals surface area (Å²) >= 11 is 0. The van der Waals surface area contributed by atoms with Gasteiger partial charge in [0.25, 0.3) is 0 Å². The highest BCUT2D eigenvalue weighted by molar-refractivity contribution is 5.74. The number of carbonyl (C=O) groups is 1. The summed E-state index contributed by atoms with van der Waals surface area (Å²) in [5.74, 6) is 0. The largest absolute Gasteiger partial charge is 0.298 e. The molecule has 17 heavy (non-hydrogen) atoms. The van der Waals surface area contributed by atoms with Gasteiger partial charge in [0, 0.05) is 11.8 Å². The normalized spacial score (nSPS) is 9.41. The molecular formula is C13H11N3O. The quantitative estimate of drug-likeness (QED) is 0.647. The second-order valence-electron chi connectivity index (χ2n) is 3.33. The van der Waals surface area contributed by atoms with Crippen LogP contribution < -0.4 is 0 Å². The number of nitrogens with one attached hydrogen (secondary N) is 1. The molecule has 0 saturated heterocycles. The van der Waals surface area contributed by atoms with Gasteiger partial charge in [-0.05, 0) is 12.1 Å². The van der Waals surface area contributed by atoms with Crippen molar-refractivity contribution < 1.29 is 4.79 Å². The van der Waals surface area contributed by atoms with Crippen LogP contribution in [0.15, 0.2) is 54.9 Å². The fourth-order valence-electron chi connectivity index (χ4n) is 1.31. The number of hydrogen-bond acceptors (Lipinski definition) is 3. The van der Waals surface area contributed by atoms with E-state index in [-0.39, 0.29) is 0 Å². The molecule has 0 amide bonds. The molecule has 0 aliphatic rings. The molecule has 4 nitrogen and oxygen atoms in total. The summed E-state index contributed by atoms with van der Waals surface area (Å²) in [5.41, 5.74) is 2.63. The third-order valence-electron chi connectivity index (χ3n) is 2.15. The van der Waals surface area contributed by atoms with Gasteiger partial charge >= 0.3 is 0 Å². The molecule has 1 N–H and O–H groups in total. The number of pyridine rings is 1. The standard InChI is InChI=1S/C7H6O.C6H5N3/c8-6-7-4-2-1-3-5-7;1-2-5-6(7-3-1)4-8-9-5/h1-6H;1-4H,(H,8,9). The predicted octanol–water partition coefficient (Wildman–Crippen LogP) is 2.46. The lowest BCUT2D eigenvalue weighted by molar-refractivity contribution is 0.112. The van der Waals surface area contributed by atoms with E-state index in [9.17, 15) is 4.79 Å². The second kappa shape index (κ2) is 5.55. The fourth-order valence-corrected chi connectivity index (χ4v) is 1.31. The van der Waals surface area contributed by atoms with Crippen LogP contribution in [0.3, 0.4) is 0 Å². The average molecular weight is 225 g/mol. The lowest BCUT2D eigenvalue weighted by Gasteiger charge is -1.81. The Hall–Kier alpha value is -2.49. The highest BCUT2D eigenvalue weighted by Gasteiger charge is 1.89. The first-order valence-electron chi connectivity index (χ1n) is 5.14. The minimum atomic E-state index is 0.729. The number of benzene rings is 1. The molecule has 0 spiro atoms. The number of fused-ring (bicyclic) bond motifs is 1. The van der Waals surface area contributed by atoms with Gasteiger partial charge in [-0.3, -0.25) is 14.9 Å². The van der Waals surface area contributed by atoms with Crippen LogP contribution in [0.25, 0.3) is 11.0 Å². The molecule has 0 aliphatic carbocycles. The molecule has 3 aromatic rings. The number of aromatic nitrogens is 3. The first-order valence-corrected chi connectivity index (χ1v) is 5.14. The molecule has 4 heteroatoms. The topological polar surface area (TPSA) is 58.6 Å². The van der Waals surface area contributed by atoms with Gasteiger partial charge in [-0.25, -0.2) is 0 Å². The predicted molar refractivity (Wildman–Crippen MR) is 65.7 cm³/mol. The van der Waals surface area contributed by atoms with Gasteiger partial charge in [0.15, 0.2) is 0 Å². The minimum absolute atomic E-state index is 0.729. The minimum Gasteiger partial charge on any atom is -0.298 e.